The minimum atomic E-state index is -3.48. The summed E-state index contributed by atoms with van der Waals surface area (Å²) in [6.07, 6.45) is 1.21. The SMILES string of the molecule is CCSc1ccccc1NC(=O)c1ccc(CN(c2cc(C)ccc2C)S(C)(=O)=O)cc1. The first-order chi connectivity index (χ1) is 15.2. The molecule has 0 aliphatic carbocycles. The van der Waals surface area contributed by atoms with Gasteiger partial charge in [0.2, 0.25) is 10.0 Å². The Balaban J connectivity index is 1.80. The zero-order chi connectivity index (χ0) is 23.3. The average Bonchev–Trinajstić information content (AvgIpc) is 2.75. The highest BCUT2D eigenvalue weighted by Gasteiger charge is 2.20. The number of hydrogen-bond acceptors (Lipinski definition) is 4. The zero-order valence-electron chi connectivity index (χ0n) is 18.8. The highest BCUT2D eigenvalue weighted by atomic mass is 32.2. The fourth-order valence-electron chi connectivity index (χ4n) is 3.34. The van der Waals surface area contributed by atoms with Crippen LogP contribution in [0, 0.1) is 13.8 Å². The van der Waals surface area contributed by atoms with Crippen molar-refractivity contribution in [2.24, 2.45) is 0 Å². The molecule has 0 bridgehead atoms. The van der Waals surface area contributed by atoms with Crippen LogP contribution in [0.5, 0.6) is 0 Å². The number of anilines is 2. The summed E-state index contributed by atoms with van der Waals surface area (Å²) in [5.41, 5.74) is 4.65. The topological polar surface area (TPSA) is 66.5 Å². The molecule has 0 aliphatic heterocycles. The molecule has 0 spiro atoms. The van der Waals surface area contributed by atoms with Gasteiger partial charge in [0.15, 0.2) is 0 Å². The van der Waals surface area contributed by atoms with E-state index in [4.69, 9.17) is 0 Å². The number of thioether (sulfide) groups is 1. The first kappa shape index (κ1) is 23.9. The van der Waals surface area contributed by atoms with Crippen LogP contribution in [-0.4, -0.2) is 26.3 Å². The average molecular weight is 469 g/mol. The molecule has 168 valence electrons. The molecule has 3 aromatic rings. The number of rotatable bonds is 8. The van der Waals surface area contributed by atoms with Crippen LogP contribution in [0.2, 0.25) is 0 Å². The lowest BCUT2D eigenvalue weighted by atomic mass is 10.1. The number of carbonyl (C=O) groups excluding carboxylic acids is 1. The molecule has 32 heavy (non-hydrogen) atoms. The van der Waals surface area contributed by atoms with Crippen LogP contribution in [0.4, 0.5) is 11.4 Å². The molecule has 0 atom stereocenters. The molecule has 0 aliphatic rings. The van der Waals surface area contributed by atoms with E-state index in [2.05, 4.69) is 12.2 Å². The highest BCUT2D eigenvalue weighted by molar-refractivity contribution is 7.99. The Morgan fingerprint density at radius 2 is 1.69 bits per heavy atom. The van der Waals surface area contributed by atoms with Crippen molar-refractivity contribution in [2.45, 2.75) is 32.2 Å². The van der Waals surface area contributed by atoms with Gasteiger partial charge in [-0.2, -0.15) is 0 Å². The van der Waals surface area contributed by atoms with Gasteiger partial charge in [0.05, 0.1) is 24.2 Å². The Kier molecular flexibility index (Phi) is 7.64. The van der Waals surface area contributed by atoms with Gasteiger partial charge < -0.3 is 5.32 Å². The number of nitrogens with one attached hydrogen (secondary N) is 1. The molecule has 0 heterocycles. The van der Waals surface area contributed by atoms with Crippen LogP contribution < -0.4 is 9.62 Å². The first-order valence-electron chi connectivity index (χ1n) is 10.4. The number of carbonyl (C=O) groups is 1. The van der Waals surface area contributed by atoms with Crippen LogP contribution >= 0.6 is 11.8 Å². The molecule has 1 N–H and O–H groups in total. The molecule has 3 rings (SSSR count). The van der Waals surface area contributed by atoms with Crippen molar-refractivity contribution in [2.75, 3.05) is 21.6 Å². The standard InChI is InChI=1S/C25H28N2O3S2/c1-5-31-24-9-7-6-8-22(24)26-25(28)21-14-12-20(13-15-21)17-27(32(4,29)30)23-16-18(2)10-11-19(23)3/h6-16H,5,17H2,1-4H3,(H,26,28). The summed E-state index contributed by atoms with van der Waals surface area (Å²) in [6, 6.07) is 20.5. The molecule has 0 radical (unpaired) electrons. The van der Waals surface area contributed by atoms with E-state index in [0.29, 0.717) is 11.3 Å². The molecular weight excluding hydrogens is 440 g/mol. The van der Waals surface area contributed by atoms with E-state index in [-0.39, 0.29) is 12.5 Å². The summed E-state index contributed by atoms with van der Waals surface area (Å²) in [5, 5.41) is 2.97. The molecule has 0 unspecified atom stereocenters. The van der Waals surface area contributed by atoms with Crippen molar-refractivity contribution >= 4 is 39.1 Å². The highest BCUT2D eigenvalue weighted by Crippen LogP contribution is 2.28. The molecule has 0 saturated carbocycles. The lowest BCUT2D eigenvalue weighted by Crippen LogP contribution is -2.30. The molecule has 0 saturated heterocycles. The third-order valence-corrected chi connectivity index (χ3v) is 7.09. The number of amides is 1. The maximum atomic E-state index is 12.7. The number of para-hydroxylation sites is 1. The maximum absolute atomic E-state index is 12.7. The summed E-state index contributed by atoms with van der Waals surface area (Å²) in [7, 11) is -3.48. The third kappa shape index (κ3) is 5.93. The first-order valence-corrected chi connectivity index (χ1v) is 13.2. The molecule has 7 heteroatoms. The van der Waals surface area contributed by atoms with E-state index < -0.39 is 10.0 Å². The van der Waals surface area contributed by atoms with Crippen molar-refractivity contribution in [3.8, 4) is 0 Å². The van der Waals surface area contributed by atoms with E-state index in [1.54, 1.807) is 36.0 Å². The third-order valence-electron chi connectivity index (χ3n) is 5.01. The largest absolute Gasteiger partial charge is 0.321 e. The monoisotopic (exact) mass is 468 g/mol. The number of hydrogen-bond donors (Lipinski definition) is 1. The molecule has 3 aromatic carbocycles. The molecule has 0 fully saturated rings. The Hall–Kier alpha value is -2.77. The van der Waals surface area contributed by atoms with Crippen molar-refractivity contribution in [3.05, 3.63) is 89.0 Å². The van der Waals surface area contributed by atoms with E-state index in [1.165, 1.54) is 10.6 Å². The summed E-state index contributed by atoms with van der Waals surface area (Å²) in [6.45, 7) is 6.10. The van der Waals surface area contributed by atoms with E-state index in [0.717, 1.165) is 33.0 Å². The number of benzene rings is 3. The Labute approximate surface area is 194 Å². The fraction of sp³-hybridized carbons (Fsp3) is 0.240. The number of sulfonamides is 1. The Morgan fingerprint density at radius 3 is 2.34 bits per heavy atom. The van der Waals surface area contributed by atoms with E-state index >= 15 is 0 Å². The summed E-state index contributed by atoms with van der Waals surface area (Å²) in [4.78, 5) is 13.8. The van der Waals surface area contributed by atoms with Crippen molar-refractivity contribution in [3.63, 3.8) is 0 Å². The molecule has 1 amide bonds. The van der Waals surface area contributed by atoms with Gasteiger partial charge in [-0.1, -0.05) is 43.3 Å². The lowest BCUT2D eigenvalue weighted by molar-refractivity contribution is 0.102. The normalized spacial score (nSPS) is 11.2. The van der Waals surface area contributed by atoms with Gasteiger partial charge in [-0.15, -0.1) is 11.8 Å². The molecule has 0 aromatic heterocycles. The van der Waals surface area contributed by atoms with E-state index in [1.807, 2.05) is 56.3 Å². The van der Waals surface area contributed by atoms with Crippen LogP contribution in [0.3, 0.4) is 0 Å². The second-order valence-corrected chi connectivity index (χ2v) is 10.9. The van der Waals surface area contributed by atoms with Crippen molar-refractivity contribution in [1.82, 2.24) is 0 Å². The predicted octanol–water partition coefficient (Wildman–Crippen LogP) is 5.63. The second kappa shape index (κ2) is 10.2. The number of aryl methyl sites for hydroxylation is 2. The zero-order valence-corrected chi connectivity index (χ0v) is 20.4. The van der Waals surface area contributed by atoms with Crippen LogP contribution in [-0.2, 0) is 16.6 Å². The molecular formula is C25H28N2O3S2. The Bertz CT molecular complexity index is 1210. The van der Waals surface area contributed by atoms with Gasteiger partial charge in [0.1, 0.15) is 0 Å². The van der Waals surface area contributed by atoms with Crippen molar-refractivity contribution in [1.29, 1.82) is 0 Å². The predicted molar refractivity (Wildman–Crippen MR) is 134 cm³/mol. The maximum Gasteiger partial charge on any atom is 0.255 e. The summed E-state index contributed by atoms with van der Waals surface area (Å²) in [5.74, 6) is 0.717. The fourth-order valence-corrected chi connectivity index (χ4v) is 5.04. The summed E-state index contributed by atoms with van der Waals surface area (Å²) >= 11 is 1.67. The van der Waals surface area contributed by atoms with Gasteiger partial charge in [-0.05, 0) is 66.6 Å². The van der Waals surface area contributed by atoms with E-state index in [9.17, 15) is 13.2 Å². The van der Waals surface area contributed by atoms with Gasteiger partial charge in [-0.25, -0.2) is 8.42 Å². The minimum Gasteiger partial charge on any atom is -0.321 e. The lowest BCUT2D eigenvalue weighted by Gasteiger charge is -2.25. The van der Waals surface area contributed by atoms with Crippen LogP contribution in [0.1, 0.15) is 34.0 Å². The summed E-state index contributed by atoms with van der Waals surface area (Å²) < 4.78 is 26.5. The smallest absolute Gasteiger partial charge is 0.255 e. The van der Waals surface area contributed by atoms with Gasteiger partial charge in [-0.3, -0.25) is 9.10 Å². The quantitative estimate of drug-likeness (QED) is 0.435. The van der Waals surface area contributed by atoms with Crippen molar-refractivity contribution < 1.29 is 13.2 Å². The van der Waals surface area contributed by atoms with Crippen LogP contribution in [0.25, 0.3) is 0 Å². The number of nitrogens with zero attached hydrogens (tertiary/aromatic N) is 1. The van der Waals surface area contributed by atoms with Gasteiger partial charge in [0.25, 0.3) is 5.91 Å². The van der Waals surface area contributed by atoms with Gasteiger partial charge >= 0.3 is 0 Å². The second-order valence-electron chi connectivity index (χ2n) is 7.64. The minimum absolute atomic E-state index is 0.195. The molecule has 5 nitrogen and oxygen atoms in total. The van der Waals surface area contributed by atoms with Gasteiger partial charge in [0, 0.05) is 10.5 Å². The Morgan fingerprint density at radius 1 is 1.00 bits per heavy atom. The van der Waals surface area contributed by atoms with Crippen LogP contribution in [0.15, 0.2) is 71.6 Å².